The minimum Gasteiger partial charge on any atom is -0.493 e. The van der Waals surface area contributed by atoms with Crippen LogP contribution in [0.5, 0.6) is 11.5 Å². The van der Waals surface area contributed by atoms with Crippen LogP contribution < -0.4 is 14.8 Å². The highest BCUT2D eigenvalue weighted by atomic mass is 79.9. The van der Waals surface area contributed by atoms with Crippen molar-refractivity contribution < 1.29 is 24.2 Å². The average molecular weight is 360 g/mol. The van der Waals surface area contributed by atoms with E-state index in [-0.39, 0.29) is 18.4 Å². The Bertz CT molecular complexity index is 532. The van der Waals surface area contributed by atoms with Crippen molar-refractivity contribution in [2.75, 3.05) is 14.2 Å². The van der Waals surface area contributed by atoms with Gasteiger partial charge in [-0.15, -0.1) is 0 Å². The Balaban J connectivity index is 2.83. The quantitative estimate of drug-likeness (QED) is 0.780. The van der Waals surface area contributed by atoms with Crippen LogP contribution >= 0.6 is 15.9 Å². The number of carboxylic acids is 1. The van der Waals surface area contributed by atoms with Crippen molar-refractivity contribution >= 4 is 27.8 Å². The maximum atomic E-state index is 12.1. The molecule has 2 N–H and O–H groups in total. The number of carbonyl (C=O) groups is 2. The molecule has 0 fully saturated rings. The Hall–Kier alpha value is -1.76. The molecule has 1 atom stereocenters. The number of amides is 1. The largest absolute Gasteiger partial charge is 0.493 e. The lowest BCUT2D eigenvalue weighted by molar-refractivity contribution is -0.137. The second-order valence-corrected chi connectivity index (χ2v) is 5.35. The molecule has 1 rings (SSSR count). The number of hydrogen-bond donors (Lipinski definition) is 2. The summed E-state index contributed by atoms with van der Waals surface area (Å²) >= 11 is 3.32. The van der Waals surface area contributed by atoms with E-state index in [4.69, 9.17) is 14.6 Å². The fraction of sp³-hybridized carbons (Fsp3) is 0.429. The van der Waals surface area contributed by atoms with Crippen molar-refractivity contribution in [2.45, 2.75) is 25.8 Å². The molecule has 1 aromatic carbocycles. The van der Waals surface area contributed by atoms with Gasteiger partial charge in [-0.1, -0.05) is 0 Å². The maximum absolute atomic E-state index is 12.1. The van der Waals surface area contributed by atoms with Crippen molar-refractivity contribution in [3.8, 4) is 11.5 Å². The van der Waals surface area contributed by atoms with Crippen molar-refractivity contribution in [1.29, 1.82) is 0 Å². The third-order valence-electron chi connectivity index (χ3n) is 2.86. The number of benzene rings is 1. The molecule has 1 amide bonds. The molecule has 0 spiro atoms. The van der Waals surface area contributed by atoms with Crippen molar-refractivity contribution in [2.24, 2.45) is 0 Å². The summed E-state index contributed by atoms with van der Waals surface area (Å²) in [5.41, 5.74) is 0.404. The lowest BCUT2D eigenvalue weighted by Crippen LogP contribution is -2.33. The summed E-state index contributed by atoms with van der Waals surface area (Å²) in [4.78, 5) is 22.7. The molecule has 21 heavy (non-hydrogen) atoms. The Labute approximate surface area is 131 Å². The monoisotopic (exact) mass is 359 g/mol. The second-order valence-electron chi connectivity index (χ2n) is 4.50. The summed E-state index contributed by atoms with van der Waals surface area (Å²) < 4.78 is 11.0. The van der Waals surface area contributed by atoms with E-state index < -0.39 is 5.97 Å². The third-order valence-corrected chi connectivity index (χ3v) is 3.45. The molecule has 116 valence electrons. The van der Waals surface area contributed by atoms with Gasteiger partial charge in [-0.2, -0.15) is 0 Å². The summed E-state index contributed by atoms with van der Waals surface area (Å²) in [5, 5.41) is 11.4. The average Bonchev–Trinajstić information content (AvgIpc) is 2.43. The van der Waals surface area contributed by atoms with Gasteiger partial charge in [-0.05, 0) is 41.4 Å². The molecule has 0 aliphatic heterocycles. The zero-order valence-electron chi connectivity index (χ0n) is 12.1. The Morgan fingerprint density at radius 2 is 2.00 bits per heavy atom. The van der Waals surface area contributed by atoms with E-state index >= 15 is 0 Å². The van der Waals surface area contributed by atoms with Crippen LogP contribution in [-0.4, -0.2) is 37.2 Å². The molecule has 1 unspecified atom stereocenters. The molecule has 0 saturated carbocycles. The normalized spacial score (nSPS) is 11.6. The molecule has 0 bridgehead atoms. The smallest absolute Gasteiger partial charge is 0.303 e. The number of aliphatic carboxylic acids is 1. The van der Waals surface area contributed by atoms with Crippen molar-refractivity contribution in [3.63, 3.8) is 0 Å². The first-order valence-electron chi connectivity index (χ1n) is 6.33. The summed E-state index contributed by atoms with van der Waals surface area (Å²) in [6, 6.07) is 2.96. The van der Waals surface area contributed by atoms with E-state index in [1.54, 1.807) is 19.1 Å². The molecular formula is C14H18BrNO5. The molecule has 0 aromatic heterocycles. The molecule has 0 saturated heterocycles. The van der Waals surface area contributed by atoms with Gasteiger partial charge in [0.05, 0.1) is 18.7 Å². The highest BCUT2D eigenvalue weighted by molar-refractivity contribution is 9.10. The van der Waals surface area contributed by atoms with Gasteiger partial charge >= 0.3 is 5.97 Å². The van der Waals surface area contributed by atoms with E-state index in [2.05, 4.69) is 21.2 Å². The van der Waals surface area contributed by atoms with E-state index in [0.29, 0.717) is 28.0 Å². The van der Waals surface area contributed by atoms with Gasteiger partial charge < -0.3 is 19.9 Å². The fourth-order valence-electron chi connectivity index (χ4n) is 1.77. The third kappa shape index (κ3) is 4.93. The van der Waals surface area contributed by atoms with E-state index in [1.165, 1.54) is 14.2 Å². The minimum atomic E-state index is -0.884. The van der Waals surface area contributed by atoms with Crippen LogP contribution in [0.15, 0.2) is 16.6 Å². The molecule has 0 aliphatic carbocycles. The molecular weight excluding hydrogens is 342 g/mol. The lowest BCUT2D eigenvalue weighted by atomic mass is 10.1. The maximum Gasteiger partial charge on any atom is 0.303 e. The number of rotatable bonds is 7. The molecule has 7 heteroatoms. The van der Waals surface area contributed by atoms with Crippen molar-refractivity contribution in [3.05, 3.63) is 22.2 Å². The topological polar surface area (TPSA) is 84.9 Å². The first-order valence-corrected chi connectivity index (χ1v) is 7.12. The zero-order chi connectivity index (χ0) is 16.0. The SMILES string of the molecule is COc1cc(C(=O)NC(C)CCC(=O)O)cc(Br)c1OC. The van der Waals surface area contributed by atoms with Gasteiger partial charge in [0, 0.05) is 18.0 Å². The number of halogens is 1. The van der Waals surface area contributed by atoms with Crippen LogP contribution in [0.25, 0.3) is 0 Å². The Morgan fingerprint density at radius 1 is 1.33 bits per heavy atom. The molecule has 0 radical (unpaired) electrons. The Morgan fingerprint density at radius 3 is 2.52 bits per heavy atom. The van der Waals surface area contributed by atoms with Gasteiger partial charge in [-0.25, -0.2) is 0 Å². The number of ether oxygens (including phenoxy) is 2. The van der Waals surface area contributed by atoms with Crippen LogP contribution in [-0.2, 0) is 4.79 Å². The summed E-state index contributed by atoms with van der Waals surface area (Å²) in [5.74, 6) is -0.234. The van der Waals surface area contributed by atoms with E-state index in [1.807, 2.05) is 0 Å². The summed E-state index contributed by atoms with van der Waals surface area (Å²) in [7, 11) is 3.00. The van der Waals surface area contributed by atoms with Crippen LogP contribution in [0.3, 0.4) is 0 Å². The molecule has 6 nitrogen and oxygen atoms in total. The number of carboxylic acid groups (broad SMARTS) is 1. The zero-order valence-corrected chi connectivity index (χ0v) is 13.7. The Kier molecular flexibility index (Phi) is 6.48. The second kappa shape index (κ2) is 7.87. The standard InChI is InChI=1S/C14H18BrNO5/c1-8(4-5-12(17)18)16-14(19)9-6-10(15)13(21-3)11(7-9)20-2/h6-8H,4-5H2,1-3H3,(H,16,19)(H,17,18). The number of nitrogens with one attached hydrogen (secondary N) is 1. The number of methoxy groups -OCH3 is 2. The van der Waals surface area contributed by atoms with Gasteiger partial charge in [-0.3, -0.25) is 9.59 Å². The van der Waals surface area contributed by atoms with E-state index in [0.717, 1.165) is 0 Å². The first-order chi connectivity index (χ1) is 9.88. The highest BCUT2D eigenvalue weighted by Crippen LogP contribution is 2.36. The number of carbonyl (C=O) groups excluding carboxylic acids is 1. The minimum absolute atomic E-state index is 0.0110. The summed E-state index contributed by atoms with van der Waals surface area (Å²) in [6.45, 7) is 1.76. The fourth-order valence-corrected chi connectivity index (χ4v) is 2.37. The summed E-state index contributed by atoms with van der Waals surface area (Å²) in [6.07, 6.45) is 0.382. The van der Waals surface area contributed by atoms with E-state index in [9.17, 15) is 9.59 Å². The van der Waals surface area contributed by atoms with Crippen LogP contribution in [0, 0.1) is 0 Å². The van der Waals surface area contributed by atoms with Gasteiger partial charge in [0.15, 0.2) is 11.5 Å². The highest BCUT2D eigenvalue weighted by Gasteiger charge is 2.16. The van der Waals surface area contributed by atoms with Gasteiger partial charge in [0.1, 0.15) is 0 Å². The van der Waals surface area contributed by atoms with Crippen LogP contribution in [0.2, 0.25) is 0 Å². The van der Waals surface area contributed by atoms with Crippen molar-refractivity contribution in [1.82, 2.24) is 5.32 Å². The molecule has 0 aliphatic rings. The van der Waals surface area contributed by atoms with Crippen LogP contribution in [0.4, 0.5) is 0 Å². The molecule has 0 heterocycles. The molecule has 1 aromatic rings. The lowest BCUT2D eigenvalue weighted by Gasteiger charge is -2.15. The van der Waals surface area contributed by atoms with Crippen LogP contribution in [0.1, 0.15) is 30.1 Å². The van der Waals surface area contributed by atoms with Gasteiger partial charge in [0.25, 0.3) is 5.91 Å². The predicted molar refractivity (Wildman–Crippen MR) is 81.0 cm³/mol. The number of hydrogen-bond acceptors (Lipinski definition) is 4. The first kappa shape index (κ1) is 17.3. The van der Waals surface area contributed by atoms with Gasteiger partial charge in [0.2, 0.25) is 0 Å². The predicted octanol–water partition coefficient (Wildman–Crippen LogP) is 2.45.